The molecule has 0 bridgehead atoms. The fraction of sp³-hybridized carbons (Fsp3) is 0.959. The molecule has 2 unspecified atom stereocenters. The Hall–Kier alpha value is -0.700. The third kappa shape index (κ3) is 33.8. The van der Waals surface area contributed by atoms with Gasteiger partial charge in [-0.1, -0.05) is 220 Å². The van der Waals surface area contributed by atoms with E-state index in [2.05, 4.69) is 27.7 Å². The molecule has 3 nitrogen and oxygen atoms in total. The van der Waals surface area contributed by atoms with E-state index >= 15 is 0 Å². The highest BCUT2D eigenvalue weighted by molar-refractivity contribution is 5.81. The number of hydrogen-bond acceptors (Lipinski definition) is 3. The van der Waals surface area contributed by atoms with Crippen LogP contribution in [-0.4, -0.2) is 23.3 Å². The van der Waals surface area contributed by atoms with E-state index in [1.807, 2.05) is 0 Å². The van der Waals surface area contributed by atoms with Gasteiger partial charge >= 0.3 is 0 Å². The Kier molecular flexibility index (Phi) is 40.9. The van der Waals surface area contributed by atoms with Gasteiger partial charge in [-0.15, -0.1) is 0 Å². The molecule has 0 saturated carbocycles. The minimum Gasteiger partial charge on any atom is -0.396 e. The Morgan fingerprint density at radius 2 is 0.577 bits per heavy atom. The van der Waals surface area contributed by atoms with E-state index in [9.17, 15) is 14.7 Å². The van der Waals surface area contributed by atoms with E-state index < -0.39 is 0 Å². The van der Waals surface area contributed by atoms with E-state index in [4.69, 9.17) is 0 Å². The summed E-state index contributed by atoms with van der Waals surface area (Å²) in [5.74, 6) is 2.59. The molecule has 0 aromatic carbocycles. The number of carbonyl (C=O) groups is 2. The summed E-state index contributed by atoms with van der Waals surface area (Å²) in [5, 5.41) is 9.35. The quantitative estimate of drug-likeness (QED) is 0.0635. The number of aliphatic hydroxyl groups is 1. The van der Waals surface area contributed by atoms with E-state index in [0.717, 1.165) is 70.1 Å². The Balaban J connectivity index is 4.34. The number of aliphatic hydroxyl groups excluding tert-OH is 1. The van der Waals surface area contributed by atoms with Crippen LogP contribution in [0.2, 0.25) is 0 Å². The van der Waals surface area contributed by atoms with Crippen LogP contribution in [-0.2, 0) is 9.59 Å². The highest BCUT2D eigenvalue weighted by atomic mass is 16.3. The molecule has 0 heterocycles. The molecule has 1 N–H and O–H groups in total. The largest absolute Gasteiger partial charge is 0.396 e. The molecule has 0 amide bonds. The van der Waals surface area contributed by atoms with Crippen LogP contribution in [0.4, 0.5) is 0 Å². The van der Waals surface area contributed by atoms with E-state index in [0.29, 0.717) is 30.0 Å². The third-order valence-corrected chi connectivity index (χ3v) is 12.1. The molecule has 0 aliphatic heterocycles. The molecule has 0 aromatic rings. The monoisotopic (exact) mass is 733 g/mol. The average molecular weight is 733 g/mol. The number of carbonyl (C=O) groups excluding carboxylic acids is 2. The molecular weight excluding hydrogens is 637 g/mol. The molecule has 0 saturated heterocycles. The van der Waals surface area contributed by atoms with Crippen molar-refractivity contribution in [2.45, 2.75) is 278 Å². The zero-order valence-corrected chi connectivity index (χ0v) is 36.3. The van der Waals surface area contributed by atoms with E-state index in [1.54, 1.807) is 0 Å². The lowest BCUT2D eigenvalue weighted by Crippen LogP contribution is -2.14. The van der Waals surface area contributed by atoms with Crippen LogP contribution in [0.15, 0.2) is 0 Å². The Morgan fingerprint density at radius 1 is 0.327 bits per heavy atom. The van der Waals surface area contributed by atoms with Gasteiger partial charge in [-0.25, -0.2) is 0 Å². The van der Waals surface area contributed by atoms with Crippen LogP contribution in [0.1, 0.15) is 278 Å². The van der Waals surface area contributed by atoms with Crippen molar-refractivity contribution in [3.8, 4) is 0 Å². The first kappa shape index (κ1) is 51.3. The maximum atomic E-state index is 13.2. The number of rotatable bonds is 44. The Labute approximate surface area is 327 Å². The van der Waals surface area contributed by atoms with Crippen molar-refractivity contribution < 1.29 is 14.7 Å². The fourth-order valence-electron chi connectivity index (χ4n) is 8.47. The molecule has 310 valence electrons. The maximum Gasteiger partial charge on any atom is 0.135 e. The first-order valence-corrected chi connectivity index (χ1v) is 24.2. The topological polar surface area (TPSA) is 54.4 Å². The number of hydrogen-bond donors (Lipinski definition) is 1. The summed E-state index contributed by atoms with van der Waals surface area (Å²) in [6.07, 6.45) is 47.7. The zero-order valence-electron chi connectivity index (χ0n) is 36.3. The Morgan fingerprint density at radius 3 is 0.904 bits per heavy atom. The summed E-state index contributed by atoms with van der Waals surface area (Å²) in [6, 6.07) is 0. The maximum absolute atomic E-state index is 13.2. The van der Waals surface area contributed by atoms with E-state index in [1.165, 1.54) is 186 Å². The number of unbranched alkanes of at least 4 members (excludes halogenated alkanes) is 23. The van der Waals surface area contributed by atoms with Crippen LogP contribution in [0.3, 0.4) is 0 Å². The smallest absolute Gasteiger partial charge is 0.135 e. The van der Waals surface area contributed by atoms with Gasteiger partial charge in [0, 0.05) is 31.3 Å². The van der Waals surface area contributed by atoms with Gasteiger partial charge < -0.3 is 5.11 Å². The predicted molar refractivity (Wildman–Crippen MR) is 230 cm³/mol. The summed E-state index contributed by atoms with van der Waals surface area (Å²) >= 11 is 0. The molecule has 52 heavy (non-hydrogen) atoms. The normalized spacial score (nSPS) is 13.4. The molecule has 0 aliphatic rings. The first-order chi connectivity index (χ1) is 25.5. The summed E-state index contributed by atoms with van der Waals surface area (Å²) in [6.45, 7) is 9.40. The van der Waals surface area contributed by atoms with Crippen LogP contribution in [0.25, 0.3) is 0 Å². The molecule has 0 spiro atoms. The molecule has 0 radical (unpaired) electrons. The van der Waals surface area contributed by atoms with Gasteiger partial charge in [0.05, 0.1) is 0 Å². The highest BCUT2D eigenvalue weighted by Crippen LogP contribution is 2.26. The third-order valence-electron chi connectivity index (χ3n) is 12.1. The highest BCUT2D eigenvalue weighted by Gasteiger charge is 2.18. The first-order valence-electron chi connectivity index (χ1n) is 24.2. The van der Waals surface area contributed by atoms with Gasteiger partial charge in [-0.3, -0.25) is 9.59 Å². The average Bonchev–Trinajstić information content (AvgIpc) is 3.15. The van der Waals surface area contributed by atoms with Crippen molar-refractivity contribution in [1.29, 1.82) is 0 Å². The molecular formula is C49H96O3. The minimum atomic E-state index is 0.321. The second-order valence-corrected chi connectivity index (χ2v) is 17.1. The molecule has 0 fully saturated rings. The van der Waals surface area contributed by atoms with Crippen LogP contribution < -0.4 is 0 Å². The van der Waals surface area contributed by atoms with Crippen LogP contribution in [0.5, 0.6) is 0 Å². The van der Waals surface area contributed by atoms with Crippen LogP contribution in [0, 0.1) is 17.8 Å². The van der Waals surface area contributed by atoms with E-state index in [-0.39, 0.29) is 0 Å². The molecule has 0 aromatic heterocycles. The van der Waals surface area contributed by atoms with Crippen molar-refractivity contribution in [1.82, 2.24) is 0 Å². The standard InChI is InChI=1S/C49H96O3/c1-5-9-13-19-29-40-46(38-27-15-11-7-3)48(51)42-31-23-17-21-25-35-45(37-33-34-44-50)36-26-22-18-24-32-43-49(52)47(39-28-16-12-8-4)41-30-20-14-10-6-2/h45-47,50H,5-44H2,1-4H3. The SMILES string of the molecule is CCCCCCCC(CCCCCC)C(=O)CCCCCCCC(CCCCO)CCCCCCCC(=O)C(CCCCCC)CCCCCCC. The van der Waals surface area contributed by atoms with Crippen molar-refractivity contribution in [2.75, 3.05) is 6.61 Å². The summed E-state index contributed by atoms with van der Waals surface area (Å²) in [4.78, 5) is 26.3. The Bertz CT molecular complexity index is 676. The number of ketones is 2. The van der Waals surface area contributed by atoms with Crippen molar-refractivity contribution in [3.05, 3.63) is 0 Å². The summed E-state index contributed by atoms with van der Waals surface area (Å²) in [5.41, 5.74) is 0. The van der Waals surface area contributed by atoms with Gasteiger partial charge in [0.1, 0.15) is 11.6 Å². The number of Topliss-reactive ketones (excluding diaryl/α,β-unsaturated/α-hetero) is 2. The predicted octanol–water partition coefficient (Wildman–Crippen LogP) is 16.3. The fourth-order valence-corrected chi connectivity index (χ4v) is 8.47. The van der Waals surface area contributed by atoms with Gasteiger partial charge in [-0.2, -0.15) is 0 Å². The van der Waals surface area contributed by atoms with Gasteiger partial charge in [0.25, 0.3) is 0 Å². The van der Waals surface area contributed by atoms with Crippen molar-refractivity contribution >= 4 is 11.6 Å². The lowest BCUT2D eigenvalue weighted by molar-refractivity contribution is -0.124. The zero-order chi connectivity index (χ0) is 38.2. The minimum absolute atomic E-state index is 0.321. The lowest BCUT2D eigenvalue weighted by Gasteiger charge is -2.17. The second-order valence-electron chi connectivity index (χ2n) is 17.1. The van der Waals surface area contributed by atoms with Gasteiger partial charge in [-0.05, 0) is 50.9 Å². The molecule has 3 heteroatoms. The second kappa shape index (κ2) is 41.5. The molecule has 0 rings (SSSR count). The van der Waals surface area contributed by atoms with Crippen LogP contribution >= 0.6 is 0 Å². The van der Waals surface area contributed by atoms with Gasteiger partial charge in [0.15, 0.2) is 0 Å². The van der Waals surface area contributed by atoms with Gasteiger partial charge in [0.2, 0.25) is 0 Å². The van der Waals surface area contributed by atoms with Crippen molar-refractivity contribution in [3.63, 3.8) is 0 Å². The molecule has 2 atom stereocenters. The lowest BCUT2D eigenvalue weighted by atomic mass is 9.88. The summed E-state index contributed by atoms with van der Waals surface area (Å²) < 4.78 is 0. The molecule has 0 aliphatic carbocycles. The van der Waals surface area contributed by atoms with Crippen molar-refractivity contribution in [2.24, 2.45) is 17.8 Å². The summed E-state index contributed by atoms with van der Waals surface area (Å²) in [7, 11) is 0.